The van der Waals surface area contributed by atoms with E-state index in [2.05, 4.69) is 15.3 Å². The molecule has 0 aliphatic heterocycles. The Labute approximate surface area is 148 Å². The Bertz CT molecular complexity index is 1040. The third kappa shape index (κ3) is 3.29. The Morgan fingerprint density at radius 3 is 2.96 bits per heavy atom. The Kier molecular flexibility index (Phi) is 4.03. The highest BCUT2D eigenvalue weighted by Gasteiger charge is 2.15. The molecule has 0 saturated heterocycles. The number of anilines is 1. The summed E-state index contributed by atoms with van der Waals surface area (Å²) in [4.78, 5) is 22.1. The average molecular weight is 349 g/mol. The predicted molar refractivity (Wildman–Crippen MR) is 98.6 cm³/mol. The second kappa shape index (κ2) is 6.49. The Morgan fingerprint density at radius 1 is 1.24 bits per heavy atom. The summed E-state index contributed by atoms with van der Waals surface area (Å²) < 4.78 is 5.67. The second-order valence-corrected chi connectivity index (χ2v) is 6.59. The molecule has 6 heteroatoms. The number of amides is 1. The monoisotopic (exact) mass is 349 g/mol. The van der Waals surface area contributed by atoms with Crippen LogP contribution in [0.5, 0.6) is 0 Å². The fraction of sp³-hybridized carbons (Fsp3) is 0.105. The number of nitrogens with zero attached hydrogens (tertiary/aromatic N) is 2. The Balaban J connectivity index is 1.50. The maximum atomic E-state index is 12.3. The quantitative estimate of drug-likeness (QED) is 0.591. The van der Waals surface area contributed by atoms with Crippen LogP contribution in [0.15, 0.2) is 58.5 Å². The molecule has 3 aromatic heterocycles. The highest BCUT2D eigenvalue weighted by atomic mass is 32.1. The van der Waals surface area contributed by atoms with Crippen LogP contribution in [0.25, 0.3) is 21.7 Å². The van der Waals surface area contributed by atoms with Crippen LogP contribution in [0.3, 0.4) is 0 Å². The minimum atomic E-state index is -0.147. The van der Waals surface area contributed by atoms with Crippen LogP contribution in [0.1, 0.15) is 11.5 Å². The van der Waals surface area contributed by atoms with Gasteiger partial charge in [0.25, 0.3) is 0 Å². The number of aryl methyl sites for hydroxylation is 1. The van der Waals surface area contributed by atoms with Crippen LogP contribution in [-0.2, 0) is 11.2 Å². The van der Waals surface area contributed by atoms with E-state index >= 15 is 0 Å². The van der Waals surface area contributed by atoms with E-state index in [9.17, 15) is 4.79 Å². The lowest BCUT2D eigenvalue weighted by atomic mass is 10.2. The number of oxazole rings is 1. The first-order valence-corrected chi connectivity index (χ1v) is 8.72. The van der Waals surface area contributed by atoms with Gasteiger partial charge < -0.3 is 9.73 Å². The number of hydrogen-bond donors (Lipinski definition) is 1. The largest absolute Gasteiger partial charge is 0.440 e. The summed E-state index contributed by atoms with van der Waals surface area (Å²) in [7, 11) is 0. The number of para-hydroxylation sites is 1. The first-order valence-electron chi connectivity index (χ1n) is 7.84. The molecule has 0 spiro atoms. The second-order valence-electron chi connectivity index (χ2n) is 5.64. The lowest BCUT2D eigenvalue weighted by molar-refractivity contribution is -0.115. The number of pyridine rings is 1. The van der Waals surface area contributed by atoms with Gasteiger partial charge in [-0.05, 0) is 30.5 Å². The molecule has 0 atom stereocenters. The Hall–Kier alpha value is -2.99. The number of aromatic nitrogens is 2. The molecule has 3 heterocycles. The number of carbonyl (C=O) groups excluding carboxylic acids is 1. The summed E-state index contributed by atoms with van der Waals surface area (Å²) in [6.07, 6.45) is 1.82. The predicted octanol–water partition coefficient (Wildman–Crippen LogP) is 4.44. The maximum absolute atomic E-state index is 12.3. The van der Waals surface area contributed by atoms with Gasteiger partial charge in [-0.3, -0.25) is 9.78 Å². The fourth-order valence-electron chi connectivity index (χ4n) is 2.59. The number of rotatable bonds is 4. The molecular weight excluding hydrogens is 334 g/mol. The van der Waals surface area contributed by atoms with Crippen molar-refractivity contribution in [3.63, 3.8) is 0 Å². The molecule has 0 aliphatic carbocycles. The minimum Gasteiger partial charge on any atom is -0.440 e. The van der Waals surface area contributed by atoms with E-state index in [1.54, 1.807) is 17.5 Å². The van der Waals surface area contributed by atoms with Gasteiger partial charge in [0.15, 0.2) is 0 Å². The van der Waals surface area contributed by atoms with Gasteiger partial charge in [0.2, 0.25) is 11.8 Å². The molecule has 1 aromatic carbocycles. The minimum absolute atomic E-state index is 0.147. The van der Waals surface area contributed by atoms with E-state index in [1.807, 2.05) is 54.8 Å². The third-order valence-electron chi connectivity index (χ3n) is 3.83. The summed E-state index contributed by atoms with van der Waals surface area (Å²) in [5.74, 6) is 1.07. The highest BCUT2D eigenvalue weighted by Crippen LogP contribution is 2.26. The van der Waals surface area contributed by atoms with Crippen molar-refractivity contribution in [3.8, 4) is 10.8 Å². The van der Waals surface area contributed by atoms with E-state index in [0.29, 0.717) is 23.0 Å². The van der Waals surface area contributed by atoms with E-state index < -0.39 is 0 Å². The van der Waals surface area contributed by atoms with Crippen molar-refractivity contribution < 1.29 is 9.21 Å². The highest BCUT2D eigenvalue weighted by molar-refractivity contribution is 7.13. The summed E-state index contributed by atoms with van der Waals surface area (Å²) in [5, 5.41) is 5.82. The van der Waals surface area contributed by atoms with Crippen LogP contribution in [0.4, 0.5) is 5.69 Å². The molecule has 0 bridgehead atoms. The van der Waals surface area contributed by atoms with Gasteiger partial charge in [0.05, 0.1) is 34.4 Å². The molecular formula is C19H15N3O2S. The van der Waals surface area contributed by atoms with Crippen molar-refractivity contribution in [2.24, 2.45) is 0 Å². The van der Waals surface area contributed by atoms with Crippen molar-refractivity contribution in [1.29, 1.82) is 0 Å². The number of benzene rings is 1. The molecule has 4 aromatic rings. The van der Waals surface area contributed by atoms with Gasteiger partial charge in [-0.15, -0.1) is 11.3 Å². The number of thiophene rings is 1. The van der Waals surface area contributed by atoms with Crippen molar-refractivity contribution in [1.82, 2.24) is 9.97 Å². The molecule has 124 valence electrons. The maximum Gasteiger partial charge on any atom is 0.236 e. The normalized spacial score (nSPS) is 10.9. The topological polar surface area (TPSA) is 68.0 Å². The molecule has 0 fully saturated rings. The van der Waals surface area contributed by atoms with Gasteiger partial charge >= 0.3 is 0 Å². The standard InChI is InChI=1S/C19H15N3O2S/c1-12-16(22-19(24-12)17-7-4-8-25-17)10-18(23)21-14-9-13-5-2-3-6-15(13)20-11-14/h2-9,11H,10H2,1H3,(H,21,23). The Morgan fingerprint density at radius 2 is 2.12 bits per heavy atom. The van der Waals surface area contributed by atoms with Gasteiger partial charge in [0.1, 0.15) is 5.76 Å². The van der Waals surface area contributed by atoms with Gasteiger partial charge in [-0.2, -0.15) is 0 Å². The molecule has 0 saturated carbocycles. The number of nitrogens with one attached hydrogen (secondary N) is 1. The molecule has 0 unspecified atom stereocenters. The fourth-order valence-corrected chi connectivity index (χ4v) is 3.24. The lowest BCUT2D eigenvalue weighted by Crippen LogP contribution is -2.15. The smallest absolute Gasteiger partial charge is 0.236 e. The van der Waals surface area contributed by atoms with Gasteiger partial charge in [-0.1, -0.05) is 24.3 Å². The zero-order valence-electron chi connectivity index (χ0n) is 13.5. The number of fused-ring (bicyclic) bond motifs is 1. The molecule has 1 amide bonds. The van der Waals surface area contributed by atoms with Crippen molar-refractivity contribution in [2.45, 2.75) is 13.3 Å². The molecule has 25 heavy (non-hydrogen) atoms. The van der Waals surface area contributed by atoms with Crippen molar-refractivity contribution in [3.05, 3.63) is 65.5 Å². The molecule has 4 rings (SSSR count). The van der Waals surface area contributed by atoms with Gasteiger partial charge in [-0.25, -0.2) is 4.98 Å². The van der Waals surface area contributed by atoms with Gasteiger partial charge in [0, 0.05) is 5.39 Å². The average Bonchev–Trinajstić information content (AvgIpc) is 3.25. The molecule has 0 radical (unpaired) electrons. The van der Waals surface area contributed by atoms with Crippen LogP contribution >= 0.6 is 11.3 Å². The van der Waals surface area contributed by atoms with Crippen LogP contribution in [0, 0.1) is 6.92 Å². The van der Waals surface area contributed by atoms with Crippen molar-refractivity contribution >= 4 is 33.8 Å². The molecule has 5 nitrogen and oxygen atoms in total. The summed E-state index contributed by atoms with van der Waals surface area (Å²) >= 11 is 1.56. The van der Waals surface area contributed by atoms with E-state index in [1.165, 1.54) is 0 Å². The first-order chi connectivity index (χ1) is 12.2. The summed E-state index contributed by atoms with van der Waals surface area (Å²) in [6.45, 7) is 1.82. The first kappa shape index (κ1) is 15.5. The zero-order valence-corrected chi connectivity index (χ0v) is 14.3. The van der Waals surface area contributed by atoms with Crippen LogP contribution in [-0.4, -0.2) is 15.9 Å². The number of hydrogen-bond acceptors (Lipinski definition) is 5. The summed E-state index contributed by atoms with van der Waals surface area (Å²) in [6, 6.07) is 13.6. The zero-order chi connectivity index (χ0) is 17.2. The lowest BCUT2D eigenvalue weighted by Gasteiger charge is -2.05. The molecule has 0 aliphatic rings. The van der Waals surface area contributed by atoms with Crippen molar-refractivity contribution in [2.75, 3.05) is 5.32 Å². The van der Waals surface area contributed by atoms with Crippen LogP contribution < -0.4 is 5.32 Å². The SMILES string of the molecule is Cc1oc(-c2cccs2)nc1CC(=O)Nc1cnc2ccccc2c1. The third-order valence-corrected chi connectivity index (χ3v) is 4.68. The number of carbonyl (C=O) groups is 1. The van der Waals surface area contributed by atoms with E-state index in [4.69, 9.17) is 4.42 Å². The van der Waals surface area contributed by atoms with Crippen LogP contribution in [0.2, 0.25) is 0 Å². The summed E-state index contributed by atoms with van der Waals surface area (Å²) in [5.41, 5.74) is 2.21. The molecule has 1 N–H and O–H groups in total. The van der Waals surface area contributed by atoms with E-state index in [-0.39, 0.29) is 12.3 Å². The van der Waals surface area contributed by atoms with E-state index in [0.717, 1.165) is 15.8 Å².